The zero-order valence-corrected chi connectivity index (χ0v) is 20.1. The quantitative estimate of drug-likeness (QED) is 0.547. The predicted molar refractivity (Wildman–Crippen MR) is 136 cm³/mol. The molecule has 0 bridgehead atoms. The number of hydrogen-bond acceptors (Lipinski definition) is 6. The monoisotopic (exact) mass is 471 g/mol. The molecule has 8 heteroatoms. The zero-order chi connectivity index (χ0) is 24.0. The van der Waals surface area contributed by atoms with E-state index in [2.05, 4.69) is 38.7 Å². The van der Waals surface area contributed by atoms with Gasteiger partial charge in [-0.05, 0) is 56.0 Å². The lowest BCUT2D eigenvalue weighted by molar-refractivity contribution is -0.122. The molecule has 1 aliphatic heterocycles. The molecule has 182 valence electrons. The number of hydrogen-bond donors (Lipinski definition) is 2. The molecule has 2 N–H and O–H groups in total. The molecule has 1 aliphatic carbocycles. The number of carbonyl (C=O) groups excluding carboxylic acids is 1. The topological polar surface area (TPSA) is 98.9 Å². The van der Waals surface area contributed by atoms with Crippen LogP contribution in [0.2, 0.25) is 0 Å². The summed E-state index contributed by atoms with van der Waals surface area (Å²) in [4.78, 5) is 24.3. The molecule has 0 unspecified atom stereocenters. The second-order valence-corrected chi connectivity index (χ2v) is 9.68. The molecule has 1 saturated carbocycles. The smallest absolute Gasteiger partial charge is 0.240 e. The SMILES string of the molecule is N#Cc1ccc2c(c1)nc(CNC1CCN(c3ccncc3)CC1)n2CC(=O)NC1CCCCC1. The van der Waals surface area contributed by atoms with Gasteiger partial charge in [-0.25, -0.2) is 4.98 Å². The summed E-state index contributed by atoms with van der Waals surface area (Å²) in [5, 5.41) is 16.2. The van der Waals surface area contributed by atoms with E-state index < -0.39 is 0 Å². The lowest BCUT2D eigenvalue weighted by Gasteiger charge is -2.34. The lowest BCUT2D eigenvalue weighted by Crippen LogP contribution is -2.42. The third-order valence-electron chi connectivity index (χ3n) is 7.30. The van der Waals surface area contributed by atoms with E-state index in [0.29, 0.717) is 18.2 Å². The second kappa shape index (κ2) is 10.9. The van der Waals surface area contributed by atoms with Crippen molar-refractivity contribution in [2.45, 2.75) is 70.1 Å². The number of benzene rings is 1. The highest BCUT2D eigenvalue weighted by Gasteiger charge is 2.22. The van der Waals surface area contributed by atoms with Gasteiger partial charge in [-0.2, -0.15) is 5.26 Å². The first kappa shape index (κ1) is 23.3. The van der Waals surface area contributed by atoms with Crippen molar-refractivity contribution in [3.05, 3.63) is 54.1 Å². The van der Waals surface area contributed by atoms with Crippen LogP contribution in [0.5, 0.6) is 0 Å². The highest BCUT2D eigenvalue weighted by Crippen LogP contribution is 2.22. The molecule has 35 heavy (non-hydrogen) atoms. The summed E-state index contributed by atoms with van der Waals surface area (Å²) in [6.45, 7) is 2.82. The maximum Gasteiger partial charge on any atom is 0.240 e. The molecule has 2 aromatic heterocycles. The Morgan fingerprint density at radius 1 is 1.03 bits per heavy atom. The van der Waals surface area contributed by atoms with Crippen molar-refractivity contribution in [2.24, 2.45) is 0 Å². The largest absolute Gasteiger partial charge is 0.371 e. The van der Waals surface area contributed by atoms with E-state index in [9.17, 15) is 10.1 Å². The maximum atomic E-state index is 12.9. The Morgan fingerprint density at radius 3 is 2.54 bits per heavy atom. The number of amides is 1. The number of carbonyl (C=O) groups is 1. The number of imidazole rings is 1. The molecule has 5 rings (SSSR count). The van der Waals surface area contributed by atoms with Gasteiger partial charge >= 0.3 is 0 Å². The number of pyridine rings is 1. The van der Waals surface area contributed by atoms with Gasteiger partial charge in [-0.1, -0.05) is 19.3 Å². The van der Waals surface area contributed by atoms with E-state index in [1.54, 1.807) is 6.07 Å². The van der Waals surface area contributed by atoms with Crippen molar-refractivity contribution in [3.8, 4) is 6.07 Å². The molecule has 1 saturated heterocycles. The van der Waals surface area contributed by atoms with Gasteiger partial charge in [-0.15, -0.1) is 0 Å². The molecule has 3 aromatic rings. The molecule has 8 nitrogen and oxygen atoms in total. The van der Waals surface area contributed by atoms with Crippen molar-refractivity contribution in [2.75, 3.05) is 18.0 Å². The van der Waals surface area contributed by atoms with E-state index in [-0.39, 0.29) is 18.5 Å². The Kier molecular flexibility index (Phi) is 7.24. The predicted octanol–water partition coefficient (Wildman–Crippen LogP) is 3.51. The third-order valence-corrected chi connectivity index (χ3v) is 7.30. The zero-order valence-electron chi connectivity index (χ0n) is 20.1. The number of nitrogens with one attached hydrogen (secondary N) is 2. The summed E-state index contributed by atoms with van der Waals surface area (Å²) in [7, 11) is 0. The van der Waals surface area contributed by atoms with Crippen molar-refractivity contribution in [1.82, 2.24) is 25.2 Å². The average molecular weight is 472 g/mol. The number of aromatic nitrogens is 3. The summed E-state index contributed by atoms with van der Waals surface area (Å²) in [5.41, 5.74) is 3.46. The molecule has 3 heterocycles. The van der Waals surface area contributed by atoms with Crippen LogP contribution in [-0.2, 0) is 17.9 Å². The lowest BCUT2D eigenvalue weighted by atomic mass is 9.95. The van der Waals surface area contributed by atoms with Crippen LogP contribution in [0, 0.1) is 11.3 Å². The van der Waals surface area contributed by atoms with Crippen LogP contribution in [0.25, 0.3) is 11.0 Å². The number of nitriles is 1. The van der Waals surface area contributed by atoms with Crippen molar-refractivity contribution < 1.29 is 4.79 Å². The maximum absolute atomic E-state index is 12.9. The molecular formula is C27H33N7O. The van der Waals surface area contributed by atoms with Crippen LogP contribution >= 0.6 is 0 Å². The standard InChI is InChI=1S/C27H33N7O/c28-17-20-6-7-25-24(16-20)32-26(34(25)19-27(35)31-22-4-2-1-3-5-22)18-30-21-10-14-33(15-11-21)23-8-12-29-13-9-23/h6-9,12-13,16,21-22,30H,1-5,10-11,14-15,18-19H2,(H,31,35). The molecule has 1 amide bonds. The van der Waals surface area contributed by atoms with Crippen molar-refractivity contribution >= 4 is 22.6 Å². The first-order chi connectivity index (χ1) is 17.2. The Morgan fingerprint density at radius 2 is 1.80 bits per heavy atom. The van der Waals surface area contributed by atoms with Gasteiger partial charge < -0.3 is 20.1 Å². The van der Waals surface area contributed by atoms with Crippen LogP contribution in [0.3, 0.4) is 0 Å². The van der Waals surface area contributed by atoms with Crippen LogP contribution < -0.4 is 15.5 Å². The van der Waals surface area contributed by atoms with Gasteiger partial charge in [0.1, 0.15) is 12.4 Å². The van der Waals surface area contributed by atoms with Gasteiger partial charge in [0.05, 0.1) is 29.2 Å². The van der Waals surface area contributed by atoms with Crippen LogP contribution in [0.1, 0.15) is 56.3 Å². The van der Waals surface area contributed by atoms with E-state index in [0.717, 1.165) is 55.6 Å². The van der Waals surface area contributed by atoms with E-state index >= 15 is 0 Å². The fourth-order valence-corrected chi connectivity index (χ4v) is 5.36. The summed E-state index contributed by atoms with van der Waals surface area (Å²) in [5.74, 6) is 0.873. The van der Waals surface area contributed by atoms with E-state index in [1.165, 1.54) is 24.9 Å². The van der Waals surface area contributed by atoms with Crippen LogP contribution in [0.15, 0.2) is 42.7 Å². The molecule has 1 aromatic carbocycles. The second-order valence-electron chi connectivity index (χ2n) is 9.68. The molecule has 0 radical (unpaired) electrons. The Balaban J connectivity index is 1.26. The highest BCUT2D eigenvalue weighted by atomic mass is 16.2. The van der Waals surface area contributed by atoms with Crippen molar-refractivity contribution in [3.63, 3.8) is 0 Å². The third kappa shape index (κ3) is 5.63. The number of anilines is 1. The van der Waals surface area contributed by atoms with Crippen LogP contribution in [-0.4, -0.2) is 45.6 Å². The first-order valence-corrected chi connectivity index (χ1v) is 12.8. The molecule has 0 atom stereocenters. The van der Waals surface area contributed by atoms with E-state index in [4.69, 9.17) is 4.98 Å². The van der Waals surface area contributed by atoms with Gasteiger partial charge in [0, 0.05) is 43.3 Å². The summed E-state index contributed by atoms with van der Waals surface area (Å²) in [6.07, 6.45) is 11.5. The van der Waals surface area contributed by atoms with Crippen LogP contribution in [0.4, 0.5) is 5.69 Å². The van der Waals surface area contributed by atoms with E-state index in [1.807, 2.05) is 29.1 Å². The Labute approximate surface area is 206 Å². The minimum Gasteiger partial charge on any atom is -0.371 e. The number of fused-ring (bicyclic) bond motifs is 1. The normalized spacial score (nSPS) is 17.4. The first-order valence-electron chi connectivity index (χ1n) is 12.8. The van der Waals surface area contributed by atoms with Crippen molar-refractivity contribution in [1.29, 1.82) is 5.26 Å². The van der Waals surface area contributed by atoms with Gasteiger partial charge in [-0.3, -0.25) is 9.78 Å². The average Bonchev–Trinajstić information content (AvgIpc) is 3.25. The summed E-state index contributed by atoms with van der Waals surface area (Å²) in [6, 6.07) is 12.5. The van der Waals surface area contributed by atoms with Gasteiger partial charge in [0.2, 0.25) is 5.91 Å². The van der Waals surface area contributed by atoms with Gasteiger partial charge in [0.25, 0.3) is 0 Å². The number of nitrogens with zero attached hydrogens (tertiary/aromatic N) is 5. The van der Waals surface area contributed by atoms with Gasteiger partial charge in [0.15, 0.2) is 0 Å². The molecule has 2 fully saturated rings. The number of piperidine rings is 1. The molecule has 0 spiro atoms. The minimum absolute atomic E-state index is 0.0347. The fraction of sp³-hybridized carbons (Fsp3) is 0.481. The molecular weight excluding hydrogens is 438 g/mol. The molecule has 2 aliphatic rings. The Hall–Kier alpha value is -3.44. The summed E-state index contributed by atoms with van der Waals surface area (Å²) < 4.78 is 2.01. The minimum atomic E-state index is 0.0347. The highest BCUT2D eigenvalue weighted by molar-refractivity contribution is 5.82. The summed E-state index contributed by atoms with van der Waals surface area (Å²) >= 11 is 0. The fourth-order valence-electron chi connectivity index (χ4n) is 5.36. The number of rotatable bonds is 7. The Bertz CT molecular complexity index is 1190.